The molecular weight excluding hydrogens is 482 g/mol. The lowest BCUT2D eigenvalue weighted by Gasteiger charge is -2.19. The van der Waals surface area contributed by atoms with Gasteiger partial charge in [0.15, 0.2) is 4.80 Å². The highest BCUT2D eigenvalue weighted by molar-refractivity contribution is 7.92. The summed E-state index contributed by atoms with van der Waals surface area (Å²) in [4.78, 5) is 18.1. The second-order valence-corrected chi connectivity index (χ2v) is 11.2. The van der Waals surface area contributed by atoms with Gasteiger partial charge in [-0.05, 0) is 67.4 Å². The molecule has 0 unspecified atom stereocenters. The third-order valence-corrected chi connectivity index (χ3v) is 8.53. The van der Waals surface area contributed by atoms with Crippen LogP contribution >= 0.6 is 11.3 Å². The molecule has 4 aromatic rings. The van der Waals surface area contributed by atoms with Crippen LogP contribution in [0.5, 0.6) is 0 Å². The van der Waals surface area contributed by atoms with Crippen molar-refractivity contribution in [3.8, 4) is 0 Å². The summed E-state index contributed by atoms with van der Waals surface area (Å²) >= 11 is 1.45. The first-order valence-electron chi connectivity index (χ1n) is 11.0. The second-order valence-electron chi connectivity index (χ2n) is 8.21. The van der Waals surface area contributed by atoms with E-state index in [2.05, 4.69) is 17.1 Å². The van der Waals surface area contributed by atoms with E-state index in [9.17, 15) is 13.2 Å². The number of sulfonamides is 1. The zero-order chi connectivity index (χ0) is 25.2. The van der Waals surface area contributed by atoms with Crippen LogP contribution in [0.1, 0.15) is 21.5 Å². The Morgan fingerprint density at radius 3 is 2.40 bits per heavy atom. The Labute approximate surface area is 209 Å². The third-order valence-electron chi connectivity index (χ3n) is 5.71. The molecule has 0 atom stereocenters. The summed E-state index contributed by atoms with van der Waals surface area (Å²) in [6.45, 7) is 5.14. The van der Waals surface area contributed by atoms with Crippen molar-refractivity contribution in [2.75, 3.05) is 25.1 Å². The predicted octanol–water partition coefficient (Wildman–Crippen LogP) is 4.53. The van der Waals surface area contributed by atoms with E-state index in [-0.39, 0.29) is 4.90 Å². The normalized spacial score (nSPS) is 12.3. The molecule has 0 aliphatic rings. The molecule has 0 bridgehead atoms. The molecule has 1 heterocycles. The summed E-state index contributed by atoms with van der Waals surface area (Å²) in [5.74, 6) is -0.433. The molecule has 182 valence electrons. The fraction of sp³-hybridized carbons (Fsp3) is 0.231. The Morgan fingerprint density at radius 2 is 1.74 bits per heavy atom. The number of methoxy groups -OCH3 is 1. The molecule has 1 amide bonds. The van der Waals surface area contributed by atoms with Crippen LogP contribution < -0.4 is 9.11 Å². The Hall–Kier alpha value is -3.27. The fourth-order valence-corrected chi connectivity index (χ4v) is 6.35. The maximum absolute atomic E-state index is 13.0. The first-order chi connectivity index (χ1) is 16.7. The molecule has 0 saturated carbocycles. The van der Waals surface area contributed by atoms with E-state index in [0.29, 0.717) is 29.2 Å². The number of amides is 1. The average molecular weight is 510 g/mol. The van der Waals surface area contributed by atoms with Crippen molar-refractivity contribution in [2.24, 2.45) is 4.99 Å². The number of anilines is 1. The highest BCUT2D eigenvalue weighted by Gasteiger charge is 2.21. The molecule has 35 heavy (non-hydrogen) atoms. The standard InChI is InChI=1S/C26H27N3O4S2/c1-18-16-19(2)24-23(17-18)34-26(29(24)14-15-33-4)27-25(30)20-10-12-22(13-11-20)35(31,32)28(3)21-8-6-5-7-9-21/h5-13,16-17H,14-15H2,1-4H3. The van der Waals surface area contributed by atoms with Gasteiger partial charge in [0.25, 0.3) is 15.9 Å². The zero-order valence-corrected chi connectivity index (χ0v) is 21.7. The van der Waals surface area contributed by atoms with Crippen LogP contribution in [0.15, 0.2) is 76.6 Å². The Kier molecular flexibility index (Phi) is 7.20. The Bertz CT molecular complexity index is 1540. The molecule has 3 aromatic carbocycles. The van der Waals surface area contributed by atoms with E-state index in [1.54, 1.807) is 31.4 Å². The quantitative estimate of drug-likeness (QED) is 0.367. The van der Waals surface area contributed by atoms with Gasteiger partial charge in [-0.3, -0.25) is 9.10 Å². The van der Waals surface area contributed by atoms with Crippen molar-refractivity contribution < 1.29 is 17.9 Å². The van der Waals surface area contributed by atoms with Crippen molar-refractivity contribution in [3.05, 3.63) is 88.2 Å². The minimum absolute atomic E-state index is 0.100. The number of nitrogens with zero attached hydrogens (tertiary/aromatic N) is 3. The summed E-state index contributed by atoms with van der Waals surface area (Å²) in [5, 5.41) is 0. The van der Waals surface area contributed by atoms with Crippen LogP contribution in [0.3, 0.4) is 0 Å². The number of thiazole rings is 1. The van der Waals surface area contributed by atoms with Gasteiger partial charge in [-0.25, -0.2) is 8.42 Å². The molecule has 0 fully saturated rings. The van der Waals surface area contributed by atoms with E-state index in [4.69, 9.17) is 4.74 Å². The van der Waals surface area contributed by atoms with Gasteiger partial charge in [0.1, 0.15) is 0 Å². The summed E-state index contributed by atoms with van der Waals surface area (Å²) in [7, 11) is -0.620. The van der Waals surface area contributed by atoms with Crippen molar-refractivity contribution in [3.63, 3.8) is 0 Å². The number of carbonyl (C=O) groups excluding carboxylic acids is 1. The van der Waals surface area contributed by atoms with Gasteiger partial charge >= 0.3 is 0 Å². The average Bonchev–Trinajstić information content (AvgIpc) is 3.19. The minimum atomic E-state index is -3.76. The molecule has 0 N–H and O–H groups in total. The lowest BCUT2D eigenvalue weighted by atomic mass is 10.1. The van der Waals surface area contributed by atoms with Crippen LogP contribution in [0.25, 0.3) is 10.2 Å². The van der Waals surface area contributed by atoms with Crippen molar-refractivity contribution in [2.45, 2.75) is 25.3 Å². The summed E-state index contributed by atoms with van der Waals surface area (Å²) in [6.07, 6.45) is 0. The molecule has 7 nitrogen and oxygen atoms in total. The summed E-state index contributed by atoms with van der Waals surface area (Å²) in [6, 6.07) is 18.9. The monoisotopic (exact) mass is 509 g/mol. The number of ether oxygens (including phenoxy) is 1. The van der Waals surface area contributed by atoms with Crippen LogP contribution in [0.2, 0.25) is 0 Å². The number of benzene rings is 3. The number of para-hydroxylation sites is 1. The fourth-order valence-electron chi connectivity index (χ4n) is 3.92. The lowest BCUT2D eigenvalue weighted by Crippen LogP contribution is -2.26. The molecule has 0 radical (unpaired) electrons. The van der Waals surface area contributed by atoms with E-state index in [1.807, 2.05) is 24.5 Å². The van der Waals surface area contributed by atoms with Gasteiger partial charge in [-0.1, -0.05) is 35.6 Å². The number of hydrogen-bond donors (Lipinski definition) is 0. The van der Waals surface area contributed by atoms with E-state index < -0.39 is 15.9 Å². The predicted molar refractivity (Wildman–Crippen MR) is 140 cm³/mol. The van der Waals surface area contributed by atoms with Crippen LogP contribution in [-0.2, 0) is 21.3 Å². The first-order valence-corrected chi connectivity index (χ1v) is 13.3. The van der Waals surface area contributed by atoms with Crippen LogP contribution in [0, 0.1) is 13.8 Å². The van der Waals surface area contributed by atoms with Gasteiger partial charge < -0.3 is 9.30 Å². The van der Waals surface area contributed by atoms with E-state index >= 15 is 0 Å². The van der Waals surface area contributed by atoms with Gasteiger partial charge in [-0.15, -0.1) is 0 Å². The van der Waals surface area contributed by atoms with Gasteiger partial charge in [-0.2, -0.15) is 4.99 Å². The highest BCUT2D eigenvalue weighted by atomic mass is 32.2. The maximum atomic E-state index is 13.0. The smallest absolute Gasteiger partial charge is 0.279 e. The third kappa shape index (κ3) is 5.07. The van der Waals surface area contributed by atoms with Crippen LogP contribution in [0.4, 0.5) is 5.69 Å². The molecule has 0 aliphatic heterocycles. The first kappa shape index (κ1) is 24.8. The zero-order valence-electron chi connectivity index (χ0n) is 20.1. The number of rotatable bonds is 7. The number of aromatic nitrogens is 1. The summed E-state index contributed by atoms with van der Waals surface area (Å²) < 4.78 is 35.6. The molecular formula is C26H27N3O4S2. The highest BCUT2D eigenvalue weighted by Crippen LogP contribution is 2.24. The largest absolute Gasteiger partial charge is 0.383 e. The lowest BCUT2D eigenvalue weighted by molar-refractivity contribution is 0.0997. The van der Waals surface area contributed by atoms with Gasteiger partial charge in [0.05, 0.1) is 27.4 Å². The molecule has 4 rings (SSSR count). The second kappa shape index (κ2) is 10.2. The SMILES string of the molecule is COCCn1c(=NC(=O)c2ccc(S(=O)(=O)N(C)c3ccccc3)cc2)sc2cc(C)cc(C)c21. The molecule has 1 aromatic heterocycles. The Balaban J connectivity index is 1.68. The number of carbonyl (C=O) groups is 1. The molecule has 0 aliphatic carbocycles. The van der Waals surface area contributed by atoms with Gasteiger partial charge in [0, 0.05) is 26.3 Å². The minimum Gasteiger partial charge on any atom is -0.383 e. The van der Waals surface area contributed by atoms with E-state index in [1.165, 1.54) is 47.0 Å². The summed E-state index contributed by atoms with van der Waals surface area (Å²) in [5.41, 5.74) is 4.16. The molecule has 0 spiro atoms. The number of aryl methyl sites for hydroxylation is 2. The maximum Gasteiger partial charge on any atom is 0.279 e. The number of fused-ring (bicyclic) bond motifs is 1. The molecule has 0 saturated heterocycles. The van der Waals surface area contributed by atoms with Crippen molar-refractivity contribution in [1.82, 2.24) is 4.57 Å². The van der Waals surface area contributed by atoms with E-state index in [0.717, 1.165) is 21.3 Å². The van der Waals surface area contributed by atoms with Crippen molar-refractivity contribution >= 4 is 43.2 Å². The number of hydrogen-bond acceptors (Lipinski definition) is 5. The topological polar surface area (TPSA) is 81.0 Å². The van der Waals surface area contributed by atoms with Crippen molar-refractivity contribution in [1.29, 1.82) is 0 Å². The Morgan fingerprint density at radius 1 is 1.06 bits per heavy atom. The van der Waals surface area contributed by atoms with Gasteiger partial charge in [0.2, 0.25) is 0 Å². The van der Waals surface area contributed by atoms with Crippen LogP contribution in [-0.4, -0.2) is 39.7 Å². The molecule has 9 heteroatoms.